The molecule has 132 valence electrons. The summed E-state index contributed by atoms with van der Waals surface area (Å²) < 4.78 is 10.2. The van der Waals surface area contributed by atoms with Crippen molar-refractivity contribution in [3.63, 3.8) is 0 Å². The van der Waals surface area contributed by atoms with Gasteiger partial charge in [0.05, 0.1) is 17.9 Å². The number of fused-ring (bicyclic) bond motifs is 1. The Morgan fingerprint density at radius 2 is 1.85 bits per heavy atom. The molecule has 1 heterocycles. The second kappa shape index (κ2) is 7.74. The number of carbonyl (C=O) groups is 3. The Hall–Kier alpha value is -3.28. The molecule has 0 fully saturated rings. The van der Waals surface area contributed by atoms with E-state index in [4.69, 9.17) is 9.47 Å². The maximum absolute atomic E-state index is 12.4. The highest BCUT2D eigenvalue weighted by Gasteiger charge is 2.31. The quantitative estimate of drug-likeness (QED) is 0.610. The Morgan fingerprint density at radius 3 is 2.58 bits per heavy atom. The van der Waals surface area contributed by atoms with Crippen LogP contribution in [0.15, 0.2) is 53.5 Å². The number of rotatable bonds is 5. The first-order chi connectivity index (χ1) is 12.6. The fraction of sp³-hybridized carbons (Fsp3) is 0.200. The third kappa shape index (κ3) is 3.69. The second-order valence-corrected chi connectivity index (χ2v) is 5.67. The van der Waals surface area contributed by atoms with E-state index in [1.165, 1.54) is 6.21 Å². The van der Waals surface area contributed by atoms with Crippen LogP contribution in [-0.4, -0.2) is 30.5 Å². The number of ether oxygens (including phenoxy) is 2. The average Bonchev–Trinajstić information content (AvgIpc) is 2.67. The van der Waals surface area contributed by atoms with Gasteiger partial charge in [0.25, 0.3) is 0 Å². The first-order valence-corrected chi connectivity index (χ1v) is 8.20. The van der Waals surface area contributed by atoms with E-state index >= 15 is 0 Å². The van der Waals surface area contributed by atoms with Crippen LogP contribution in [0.3, 0.4) is 0 Å². The largest absolute Gasteiger partial charge is 0.465 e. The molecule has 26 heavy (non-hydrogen) atoms. The summed E-state index contributed by atoms with van der Waals surface area (Å²) in [6, 6.07) is 13.6. The molecule has 0 radical (unpaired) electrons. The zero-order valence-corrected chi connectivity index (χ0v) is 14.2. The minimum Gasteiger partial charge on any atom is -0.465 e. The SMILES string of the molecule is CCOC(=O)C1C=Nc2cc(COC(=O)c3ccccc3)ccc2C1=O. The minimum atomic E-state index is -1.01. The average molecular weight is 351 g/mol. The van der Waals surface area contributed by atoms with Crippen LogP contribution < -0.4 is 0 Å². The predicted octanol–water partition coefficient (Wildman–Crippen LogP) is 3.12. The molecule has 6 nitrogen and oxygen atoms in total. The summed E-state index contributed by atoms with van der Waals surface area (Å²) in [5, 5.41) is 0. The summed E-state index contributed by atoms with van der Waals surface area (Å²) in [5.74, 6) is -2.39. The van der Waals surface area contributed by atoms with Gasteiger partial charge in [0.15, 0.2) is 11.7 Å². The standard InChI is InChI=1S/C20H17NO5/c1-2-25-20(24)16-11-21-17-10-13(8-9-15(17)18(16)22)12-26-19(23)14-6-4-3-5-7-14/h3-11,16H,2,12H2,1H3. The monoisotopic (exact) mass is 351 g/mol. The van der Waals surface area contributed by atoms with Crippen molar-refractivity contribution in [3.8, 4) is 0 Å². The third-order valence-corrected chi connectivity index (χ3v) is 3.89. The van der Waals surface area contributed by atoms with Gasteiger partial charge in [0.1, 0.15) is 6.61 Å². The molecule has 1 atom stereocenters. The lowest BCUT2D eigenvalue weighted by Gasteiger charge is -2.17. The predicted molar refractivity (Wildman–Crippen MR) is 94.6 cm³/mol. The van der Waals surface area contributed by atoms with E-state index in [1.54, 1.807) is 49.4 Å². The number of hydrogen-bond acceptors (Lipinski definition) is 6. The summed E-state index contributed by atoms with van der Waals surface area (Å²) in [6.07, 6.45) is 1.29. The Kier molecular flexibility index (Phi) is 5.22. The maximum atomic E-state index is 12.4. The van der Waals surface area contributed by atoms with Gasteiger partial charge in [0.2, 0.25) is 0 Å². The number of carbonyl (C=O) groups excluding carboxylic acids is 3. The van der Waals surface area contributed by atoms with Crippen LogP contribution in [0.4, 0.5) is 5.69 Å². The third-order valence-electron chi connectivity index (χ3n) is 3.89. The summed E-state index contributed by atoms with van der Waals surface area (Å²) in [7, 11) is 0. The van der Waals surface area contributed by atoms with Crippen molar-refractivity contribution < 1.29 is 23.9 Å². The molecule has 0 saturated heterocycles. The van der Waals surface area contributed by atoms with Gasteiger partial charge in [-0.05, 0) is 36.8 Å². The lowest BCUT2D eigenvalue weighted by atomic mass is 9.94. The smallest absolute Gasteiger partial charge is 0.338 e. The molecule has 0 aromatic heterocycles. The van der Waals surface area contributed by atoms with Crippen molar-refractivity contribution in [2.24, 2.45) is 10.9 Å². The van der Waals surface area contributed by atoms with Crippen molar-refractivity contribution in [2.45, 2.75) is 13.5 Å². The summed E-state index contributed by atoms with van der Waals surface area (Å²) in [4.78, 5) is 40.4. The van der Waals surface area contributed by atoms with E-state index in [9.17, 15) is 14.4 Å². The maximum Gasteiger partial charge on any atom is 0.338 e. The number of esters is 2. The van der Waals surface area contributed by atoms with E-state index in [-0.39, 0.29) is 19.0 Å². The molecule has 2 aromatic rings. The van der Waals surface area contributed by atoms with Gasteiger partial charge < -0.3 is 9.47 Å². The Balaban J connectivity index is 1.70. The molecule has 0 amide bonds. The van der Waals surface area contributed by atoms with Gasteiger partial charge in [-0.2, -0.15) is 0 Å². The molecule has 0 N–H and O–H groups in total. The molecule has 6 heteroatoms. The molecule has 3 rings (SSSR count). The van der Waals surface area contributed by atoms with Gasteiger partial charge in [-0.3, -0.25) is 14.6 Å². The van der Waals surface area contributed by atoms with Gasteiger partial charge in [-0.1, -0.05) is 24.3 Å². The zero-order valence-electron chi connectivity index (χ0n) is 14.2. The highest BCUT2D eigenvalue weighted by molar-refractivity contribution is 6.22. The van der Waals surface area contributed by atoms with Crippen LogP contribution in [0.25, 0.3) is 0 Å². The van der Waals surface area contributed by atoms with Crippen molar-refractivity contribution in [1.29, 1.82) is 0 Å². The highest BCUT2D eigenvalue weighted by atomic mass is 16.5. The summed E-state index contributed by atoms with van der Waals surface area (Å²) >= 11 is 0. The van der Waals surface area contributed by atoms with Crippen molar-refractivity contribution >= 4 is 29.6 Å². The molecule has 1 aliphatic rings. The topological polar surface area (TPSA) is 82.0 Å². The normalized spacial score (nSPS) is 15.3. The summed E-state index contributed by atoms with van der Waals surface area (Å²) in [5.41, 5.74) is 1.97. The lowest BCUT2D eigenvalue weighted by Crippen LogP contribution is -2.29. The van der Waals surface area contributed by atoms with E-state index in [0.717, 1.165) is 0 Å². The van der Waals surface area contributed by atoms with Crippen LogP contribution in [-0.2, 0) is 20.9 Å². The van der Waals surface area contributed by atoms with Crippen LogP contribution in [0.1, 0.15) is 33.2 Å². The minimum absolute atomic E-state index is 0.0615. The molecule has 2 aromatic carbocycles. The number of nitrogens with zero attached hydrogens (tertiary/aromatic N) is 1. The van der Waals surface area contributed by atoms with Crippen molar-refractivity contribution in [1.82, 2.24) is 0 Å². The van der Waals surface area contributed by atoms with Gasteiger partial charge in [-0.15, -0.1) is 0 Å². The van der Waals surface area contributed by atoms with Crippen LogP contribution in [0, 0.1) is 5.92 Å². The fourth-order valence-electron chi connectivity index (χ4n) is 2.58. The number of Topliss-reactive ketones (excluding diaryl/α,β-unsaturated/α-hetero) is 1. The molecular weight excluding hydrogens is 334 g/mol. The Morgan fingerprint density at radius 1 is 1.08 bits per heavy atom. The molecular formula is C20H17NO5. The van der Waals surface area contributed by atoms with Gasteiger partial charge in [0, 0.05) is 11.8 Å². The number of benzene rings is 2. The molecule has 0 saturated carbocycles. The molecule has 1 aliphatic heterocycles. The van der Waals surface area contributed by atoms with Crippen LogP contribution >= 0.6 is 0 Å². The van der Waals surface area contributed by atoms with E-state index < -0.39 is 17.9 Å². The van der Waals surface area contributed by atoms with Crippen LogP contribution in [0.2, 0.25) is 0 Å². The van der Waals surface area contributed by atoms with E-state index in [1.807, 2.05) is 6.07 Å². The first kappa shape index (κ1) is 17.5. The van der Waals surface area contributed by atoms with Crippen molar-refractivity contribution in [3.05, 3.63) is 65.2 Å². The van der Waals surface area contributed by atoms with Gasteiger partial charge in [-0.25, -0.2) is 4.79 Å². The number of aliphatic imine (C=N–C) groups is 1. The Bertz CT molecular complexity index is 873. The van der Waals surface area contributed by atoms with E-state index in [0.29, 0.717) is 22.4 Å². The number of hydrogen-bond donors (Lipinski definition) is 0. The summed E-state index contributed by atoms with van der Waals surface area (Å²) in [6.45, 7) is 1.94. The molecule has 0 bridgehead atoms. The zero-order chi connectivity index (χ0) is 18.5. The van der Waals surface area contributed by atoms with Crippen LogP contribution in [0.5, 0.6) is 0 Å². The van der Waals surface area contributed by atoms with E-state index in [2.05, 4.69) is 4.99 Å². The first-order valence-electron chi connectivity index (χ1n) is 8.20. The molecule has 0 aliphatic carbocycles. The molecule has 1 unspecified atom stereocenters. The number of ketones is 1. The fourth-order valence-corrected chi connectivity index (χ4v) is 2.58. The molecule has 0 spiro atoms. The highest BCUT2D eigenvalue weighted by Crippen LogP contribution is 2.28. The van der Waals surface area contributed by atoms with Gasteiger partial charge >= 0.3 is 11.9 Å². The Labute approximate surface area is 150 Å². The lowest BCUT2D eigenvalue weighted by molar-refractivity contribution is -0.144. The second-order valence-electron chi connectivity index (χ2n) is 5.67. The van der Waals surface area contributed by atoms with Crippen molar-refractivity contribution in [2.75, 3.05) is 6.61 Å².